The van der Waals surface area contributed by atoms with Crippen molar-refractivity contribution in [2.75, 3.05) is 38.8 Å². The molecule has 1 fully saturated rings. The van der Waals surface area contributed by atoms with Gasteiger partial charge in [-0.1, -0.05) is 11.6 Å². The summed E-state index contributed by atoms with van der Waals surface area (Å²) in [5.41, 5.74) is 0.546. The van der Waals surface area contributed by atoms with E-state index in [1.165, 1.54) is 14.2 Å². The highest BCUT2D eigenvalue weighted by molar-refractivity contribution is 6.32. The summed E-state index contributed by atoms with van der Waals surface area (Å²) in [6.45, 7) is 10.2. The van der Waals surface area contributed by atoms with Gasteiger partial charge in [0.2, 0.25) is 11.8 Å². The van der Waals surface area contributed by atoms with Crippen molar-refractivity contribution in [1.29, 1.82) is 0 Å². The van der Waals surface area contributed by atoms with Gasteiger partial charge in [0, 0.05) is 44.2 Å². The summed E-state index contributed by atoms with van der Waals surface area (Å²) in [6.07, 6.45) is 0.163. The Labute approximate surface area is 178 Å². The van der Waals surface area contributed by atoms with E-state index >= 15 is 0 Å². The second-order valence-electron chi connectivity index (χ2n) is 7.78. The number of nitrogens with one attached hydrogen (secondary N) is 1. The molecule has 1 aliphatic heterocycles. The summed E-state index contributed by atoms with van der Waals surface area (Å²) >= 11 is 6.23. The predicted molar refractivity (Wildman–Crippen MR) is 115 cm³/mol. The number of hydrogen-bond acceptors (Lipinski definition) is 5. The Morgan fingerprint density at radius 2 is 1.83 bits per heavy atom. The Balaban J connectivity index is 2.03. The summed E-state index contributed by atoms with van der Waals surface area (Å²) in [4.78, 5) is 29.1. The van der Waals surface area contributed by atoms with Crippen LogP contribution in [0, 0.1) is 5.92 Å². The van der Waals surface area contributed by atoms with E-state index in [9.17, 15) is 9.59 Å². The van der Waals surface area contributed by atoms with Crippen molar-refractivity contribution < 1.29 is 19.1 Å². The van der Waals surface area contributed by atoms with Gasteiger partial charge in [0.15, 0.2) is 0 Å². The quantitative estimate of drug-likeness (QED) is 0.658. The third-order valence-corrected chi connectivity index (χ3v) is 5.53. The Morgan fingerprint density at radius 3 is 2.38 bits per heavy atom. The Hall–Kier alpha value is -1.99. The van der Waals surface area contributed by atoms with E-state index in [1.807, 2.05) is 0 Å². The van der Waals surface area contributed by atoms with Crippen LogP contribution in [0.1, 0.15) is 34.1 Å². The van der Waals surface area contributed by atoms with Crippen molar-refractivity contribution >= 4 is 29.1 Å². The second-order valence-corrected chi connectivity index (χ2v) is 8.19. The van der Waals surface area contributed by atoms with E-state index in [4.69, 9.17) is 21.1 Å². The van der Waals surface area contributed by atoms with E-state index in [0.29, 0.717) is 47.4 Å². The minimum atomic E-state index is -0.403. The molecule has 29 heavy (non-hydrogen) atoms. The van der Waals surface area contributed by atoms with Crippen LogP contribution in [0.2, 0.25) is 5.02 Å². The van der Waals surface area contributed by atoms with Gasteiger partial charge < -0.3 is 19.7 Å². The molecule has 0 aliphatic carbocycles. The molecule has 0 unspecified atom stereocenters. The zero-order valence-electron chi connectivity index (χ0n) is 18.1. The van der Waals surface area contributed by atoms with Crippen LogP contribution in [0.25, 0.3) is 0 Å². The number of halogens is 1. The van der Waals surface area contributed by atoms with Gasteiger partial charge in [-0.2, -0.15) is 0 Å². The normalized spacial score (nSPS) is 16.8. The molecule has 1 aromatic carbocycles. The molecule has 0 bridgehead atoms. The molecule has 2 rings (SSSR count). The Bertz CT molecular complexity index is 731. The van der Waals surface area contributed by atoms with Crippen molar-refractivity contribution in [2.24, 2.45) is 5.92 Å². The molecule has 0 saturated carbocycles. The lowest BCUT2D eigenvalue weighted by atomic mass is 10.1. The lowest BCUT2D eigenvalue weighted by Crippen LogP contribution is -2.43. The fourth-order valence-corrected chi connectivity index (χ4v) is 3.97. The first-order valence-electron chi connectivity index (χ1n) is 9.94. The van der Waals surface area contributed by atoms with E-state index in [1.54, 1.807) is 17.0 Å². The average Bonchev–Trinajstić information content (AvgIpc) is 3.05. The monoisotopic (exact) mass is 425 g/mol. The summed E-state index contributed by atoms with van der Waals surface area (Å²) in [7, 11) is 3.04. The maximum Gasteiger partial charge on any atom is 0.227 e. The fourth-order valence-electron chi connectivity index (χ4n) is 3.74. The number of benzene rings is 1. The topological polar surface area (TPSA) is 71.1 Å². The van der Waals surface area contributed by atoms with E-state index < -0.39 is 5.92 Å². The molecule has 1 aliphatic rings. The molecule has 1 heterocycles. The summed E-state index contributed by atoms with van der Waals surface area (Å²) < 4.78 is 10.6. The minimum absolute atomic E-state index is 0.105. The van der Waals surface area contributed by atoms with E-state index in [2.05, 4.69) is 37.9 Å². The van der Waals surface area contributed by atoms with Gasteiger partial charge in [-0.15, -0.1) is 0 Å². The SMILES string of the molecule is COc1cc(OC)c(N2C[C@@H](C(=O)NCCN(C(C)C)C(C)C)CC2=O)cc1Cl. The molecule has 0 radical (unpaired) electrons. The predicted octanol–water partition coefficient (Wildman–Crippen LogP) is 2.95. The van der Waals surface area contributed by atoms with Crippen LogP contribution in [0.5, 0.6) is 11.5 Å². The maximum absolute atomic E-state index is 12.6. The highest BCUT2D eigenvalue weighted by atomic mass is 35.5. The van der Waals surface area contributed by atoms with Crippen molar-refractivity contribution in [3.63, 3.8) is 0 Å². The molecule has 1 atom stereocenters. The molecule has 0 spiro atoms. The van der Waals surface area contributed by atoms with E-state index in [0.717, 1.165) is 6.54 Å². The van der Waals surface area contributed by atoms with Gasteiger partial charge in [0.1, 0.15) is 11.5 Å². The molecule has 162 valence electrons. The molecular formula is C21H32ClN3O4. The molecule has 2 amide bonds. The number of carbonyl (C=O) groups excluding carboxylic acids is 2. The highest BCUT2D eigenvalue weighted by Crippen LogP contribution is 2.40. The molecule has 1 aromatic rings. The third kappa shape index (κ3) is 5.54. The number of hydrogen-bond donors (Lipinski definition) is 1. The van der Waals surface area contributed by atoms with Gasteiger partial charge in [0.25, 0.3) is 0 Å². The van der Waals surface area contributed by atoms with Crippen LogP contribution in [-0.2, 0) is 9.59 Å². The molecular weight excluding hydrogens is 394 g/mol. The lowest BCUT2D eigenvalue weighted by Gasteiger charge is -2.30. The van der Waals surface area contributed by atoms with Crippen LogP contribution in [0.3, 0.4) is 0 Å². The first-order valence-corrected chi connectivity index (χ1v) is 10.3. The second kappa shape index (κ2) is 10.2. The van der Waals surface area contributed by atoms with E-state index in [-0.39, 0.29) is 18.2 Å². The standard InChI is InChI=1S/C21H32ClN3O4/c1-13(2)24(14(3)4)8-7-23-21(27)15-9-20(26)25(12-15)17-10-16(22)18(28-5)11-19(17)29-6/h10-11,13-15H,7-9,12H2,1-6H3,(H,23,27)/t15-/m0/s1. The van der Waals surface area contributed by atoms with Gasteiger partial charge in [-0.05, 0) is 33.8 Å². The van der Waals surface area contributed by atoms with Crippen LogP contribution < -0.4 is 19.7 Å². The maximum atomic E-state index is 12.6. The van der Waals surface area contributed by atoms with Crippen molar-refractivity contribution in [1.82, 2.24) is 10.2 Å². The van der Waals surface area contributed by atoms with Gasteiger partial charge in [-0.25, -0.2) is 0 Å². The van der Waals surface area contributed by atoms with Gasteiger partial charge in [-0.3, -0.25) is 14.5 Å². The minimum Gasteiger partial charge on any atom is -0.495 e. The zero-order chi connectivity index (χ0) is 21.7. The summed E-state index contributed by atoms with van der Waals surface area (Å²) in [5, 5.41) is 3.36. The smallest absolute Gasteiger partial charge is 0.227 e. The van der Waals surface area contributed by atoms with Crippen molar-refractivity contribution in [2.45, 2.75) is 46.2 Å². The molecule has 1 saturated heterocycles. The average molecular weight is 426 g/mol. The summed E-state index contributed by atoms with van der Waals surface area (Å²) in [6, 6.07) is 4.09. The number of amides is 2. The lowest BCUT2D eigenvalue weighted by molar-refractivity contribution is -0.126. The molecule has 7 nitrogen and oxygen atoms in total. The highest BCUT2D eigenvalue weighted by Gasteiger charge is 2.36. The first-order chi connectivity index (χ1) is 13.7. The number of ether oxygens (including phenoxy) is 2. The van der Waals surface area contributed by atoms with Crippen LogP contribution in [0.4, 0.5) is 5.69 Å². The molecule has 0 aromatic heterocycles. The largest absolute Gasteiger partial charge is 0.495 e. The molecule has 1 N–H and O–H groups in total. The summed E-state index contributed by atoms with van der Waals surface area (Å²) in [5.74, 6) is 0.306. The number of rotatable bonds is 9. The Morgan fingerprint density at radius 1 is 1.21 bits per heavy atom. The van der Waals surface area contributed by atoms with Crippen molar-refractivity contribution in [3.8, 4) is 11.5 Å². The number of carbonyl (C=O) groups is 2. The number of nitrogens with zero attached hydrogens (tertiary/aromatic N) is 2. The molecule has 8 heteroatoms. The number of anilines is 1. The van der Waals surface area contributed by atoms with Gasteiger partial charge in [0.05, 0.1) is 30.8 Å². The van der Waals surface area contributed by atoms with Crippen LogP contribution in [-0.4, -0.2) is 62.7 Å². The number of methoxy groups -OCH3 is 2. The zero-order valence-corrected chi connectivity index (χ0v) is 18.9. The first kappa shape index (κ1) is 23.3. The van der Waals surface area contributed by atoms with Crippen LogP contribution >= 0.6 is 11.6 Å². The third-order valence-electron chi connectivity index (χ3n) is 5.24. The van der Waals surface area contributed by atoms with Crippen molar-refractivity contribution in [3.05, 3.63) is 17.2 Å². The van der Waals surface area contributed by atoms with Crippen LogP contribution in [0.15, 0.2) is 12.1 Å². The fraction of sp³-hybridized carbons (Fsp3) is 0.619. The van der Waals surface area contributed by atoms with Gasteiger partial charge >= 0.3 is 0 Å². The Kier molecular flexibility index (Phi) is 8.16.